The van der Waals surface area contributed by atoms with Crippen LogP contribution in [0, 0.1) is 5.92 Å². The van der Waals surface area contributed by atoms with E-state index in [1.807, 2.05) is 29.2 Å². The van der Waals surface area contributed by atoms with Gasteiger partial charge < -0.3 is 4.90 Å². The maximum Gasteiger partial charge on any atom is 0.261 e. The lowest BCUT2D eigenvalue weighted by Gasteiger charge is -2.21. The summed E-state index contributed by atoms with van der Waals surface area (Å²) in [5.74, 6) is 0.365. The van der Waals surface area contributed by atoms with Crippen molar-refractivity contribution in [1.82, 2.24) is 0 Å². The van der Waals surface area contributed by atoms with Gasteiger partial charge in [0.15, 0.2) is 0 Å². The van der Waals surface area contributed by atoms with Crippen molar-refractivity contribution in [2.75, 3.05) is 16.2 Å². The summed E-state index contributed by atoms with van der Waals surface area (Å²) in [5, 5.41) is 0. The van der Waals surface area contributed by atoms with Crippen LogP contribution in [-0.2, 0) is 26.7 Å². The van der Waals surface area contributed by atoms with Gasteiger partial charge in [-0.1, -0.05) is 45.7 Å². The summed E-state index contributed by atoms with van der Waals surface area (Å²) >= 11 is 0. The number of carbonyl (C=O) groups excluding carboxylic acids is 1. The maximum absolute atomic E-state index is 12.8. The van der Waals surface area contributed by atoms with Gasteiger partial charge in [0.2, 0.25) is 5.91 Å². The molecule has 0 spiro atoms. The minimum atomic E-state index is -3.67. The summed E-state index contributed by atoms with van der Waals surface area (Å²) in [4.78, 5) is 14.9. The molecule has 1 heterocycles. The van der Waals surface area contributed by atoms with Crippen LogP contribution in [0.5, 0.6) is 0 Å². The minimum Gasteiger partial charge on any atom is -0.312 e. The number of anilines is 2. The lowest BCUT2D eigenvalue weighted by Crippen LogP contribution is -2.33. The summed E-state index contributed by atoms with van der Waals surface area (Å²) in [6, 6.07) is 12.5. The minimum absolute atomic E-state index is 0.0302. The van der Waals surface area contributed by atoms with Gasteiger partial charge in [0.1, 0.15) is 0 Å². The first-order valence-corrected chi connectivity index (χ1v) is 12.2. The van der Waals surface area contributed by atoms with Crippen LogP contribution in [0.2, 0.25) is 0 Å². The third-order valence-electron chi connectivity index (χ3n) is 6.23. The molecule has 6 heteroatoms. The first-order chi connectivity index (χ1) is 14.1. The van der Waals surface area contributed by atoms with Gasteiger partial charge in [0.05, 0.1) is 4.90 Å². The molecule has 1 amide bonds. The van der Waals surface area contributed by atoms with Gasteiger partial charge in [0.25, 0.3) is 10.0 Å². The van der Waals surface area contributed by atoms with Gasteiger partial charge in [0, 0.05) is 23.8 Å². The molecule has 1 fully saturated rings. The molecule has 5 nitrogen and oxygen atoms in total. The molecule has 0 unspecified atom stereocenters. The summed E-state index contributed by atoms with van der Waals surface area (Å²) < 4.78 is 28.4. The van der Waals surface area contributed by atoms with Crippen molar-refractivity contribution in [3.05, 3.63) is 53.6 Å². The third kappa shape index (κ3) is 4.10. The van der Waals surface area contributed by atoms with Crippen molar-refractivity contribution < 1.29 is 13.2 Å². The van der Waals surface area contributed by atoms with E-state index in [-0.39, 0.29) is 22.1 Å². The van der Waals surface area contributed by atoms with E-state index >= 15 is 0 Å². The summed E-state index contributed by atoms with van der Waals surface area (Å²) in [7, 11) is -3.67. The first-order valence-electron chi connectivity index (χ1n) is 10.7. The van der Waals surface area contributed by atoms with Crippen molar-refractivity contribution >= 4 is 27.3 Å². The zero-order chi connectivity index (χ0) is 21.5. The molecule has 1 N–H and O–H groups in total. The van der Waals surface area contributed by atoms with Gasteiger partial charge >= 0.3 is 0 Å². The molecule has 4 rings (SSSR count). The summed E-state index contributed by atoms with van der Waals surface area (Å²) in [5.41, 5.74) is 3.53. The predicted molar refractivity (Wildman–Crippen MR) is 120 cm³/mol. The van der Waals surface area contributed by atoms with Crippen LogP contribution in [0.1, 0.15) is 57.6 Å². The Morgan fingerprint density at radius 2 is 1.70 bits per heavy atom. The first kappa shape index (κ1) is 20.9. The van der Waals surface area contributed by atoms with Gasteiger partial charge in [-0.05, 0) is 66.1 Å². The Labute approximate surface area is 179 Å². The highest BCUT2D eigenvalue weighted by molar-refractivity contribution is 7.92. The molecular formula is C24H30N2O3S. The average molecular weight is 427 g/mol. The molecule has 0 bridgehead atoms. The molecule has 0 atom stereocenters. The van der Waals surface area contributed by atoms with Crippen LogP contribution in [0.15, 0.2) is 47.4 Å². The monoisotopic (exact) mass is 426 g/mol. The van der Waals surface area contributed by atoms with E-state index < -0.39 is 10.0 Å². The standard InChI is InChI=1S/C24H30N2O3S/c1-24(2,3)19-8-11-21(12-9-19)30(28,29)25-20-10-13-22-18(16-20)14-15-26(22)23(27)17-6-4-5-7-17/h8-13,16-17,25H,4-7,14-15H2,1-3H3. The number of benzene rings is 2. The number of fused-ring (bicyclic) bond motifs is 1. The molecule has 2 aromatic carbocycles. The summed E-state index contributed by atoms with van der Waals surface area (Å²) in [6.45, 7) is 6.97. The van der Waals surface area contributed by atoms with E-state index in [0.29, 0.717) is 12.2 Å². The lowest BCUT2D eigenvalue weighted by atomic mass is 9.87. The van der Waals surface area contributed by atoms with Crippen molar-refractivity contribution in [3.8, 4) is 0 Å². The van der Waals surface area contributed by atoms with Crippen molar-refractivity contribution in [3.63, 3.8) is 0 Å². The van der Waals surface area contributed by atoms with Crippen LogP contribution in [0.25, 0.3) is 0 Å². The number of hydrogen-bond donors (Lipinski definition) is 1. The van der Waals surface area contributed by atoms with E-state index in [9.17, 15) is 13.2 Å². The Hall–Kier alpha value is -2.34. The van der Waals surface area contributed by atoms with Crippen LogP contribution in [0.4, 0.5) is 11.4 Å². The Morgan fingerprint density at radius 1 is 1.03 bits per heavy atom. The van der Waals surface area contributed by atoms with Crippen molar-refractivity contribution in [2.45, 2.75) is 63.2 Å². The fourth-order valence-electron chi connectivity index (χ4n) is 4.44. The average Bonchev–Trinajstić information content (AvgIpc) is 3.36. The van der Waals surface area contributed by atoms with Crippen LogP contribution in [0.3, 0.4) is 0 Å². The molecule has 1 aliphatic carbocycles. The van der Waals surface area contributed by atoms with E-state index in [0.717, 1.165) is 48.9 Å². The number of carbonyl (C=O) groups is 1. The van der Waals surface area contributed by atoms with E-state index in [1.54, 1.807) is 18.2 Å². The Bertz CT molecular complexity index is 1050. The number of rotatable bonds is 4. The maximum atomic E-state index is 12.8. The quantitative estimate of drug-likeness (QED) is 0.759. The topological polar surface area (TPSA) is 66.5 Å². The van der Waals surface area contributed by atoms with Crippen LogP contribution < -0.4 is 9.62 Å². The number of hydrogen-bond acceptors (Lipinski definition) is 3. The number of sulfonamides is 1. The van der Waals surface area contributed by atoms with Gasteiger partial charge in [-0.15, -0.1) is 0 Å². The smallest absolute Gasteiger partial charge is 0.261 e. The van der Waals surface area contributed by atoms with E-state index in [4.69, 9.17) is 0 Å². The molecule has 1 aliphatic heterocycles. The van der Waals surface area contributed by atoms with Crippen molar-refractivity contribution in [1.29, 1.82) is 0 Å². The van der Waals surface area contributed by atoms with Gasteiger partial charge in [-0.2, -0.15) is 0 Å². The lowest BCUT2D eigenvalue weighted by molar-refractivity contribution is -0.122. The fourth-order valence-corrected chi connectivity index (χ4v) is 5.48. The predicted octanol–water partition coefficient (Wildman–Crippen LogP) is 4.86. The Morgan fingerprint density at radius 3 is 2.33 bits per heavy atom. The van der Waals surface area contributed by atoms with E-state index in [1.165, 1.54) is 0 Å². The second-order valence-corrected chi connectivity index (χ2v) is 11.1. The highest BCUT2D eigenvalue weighted by Gasteiger charge is 2.32. The Balaban J connectivity index is 1.51. The largest absolute Gasteiger partial charge is 0.312 e. The second kappa shape index (κ2) is 7.73. The molecule has 0 saturated heterocycles. The van der Waals surface area contributed by atoms with Gasteiger partial charge in [-0.25, -0.2) is 8.42 Å². The SMILES string of the molecule is CC(C)(C)c1ccc(S(=O)(=O)Nc2ccc3c(c2)CCN3C(=O)C2CCCC2)cc1. The molecule has 2 aliphatic rings. The molecule has 2 aromatic rings. The van der Waals surface area contributed by atoms with Crippen molar-refractivity contribution in [2.24, 2.45) is 5.92 Å². The molecule has 1 saturated carbocycles. The Kier molecular flexibility index (Phi) is 5.39. The highest BCUT2D eigenvalue weighted by Crippen LogP contribution is 2.35. The van der Waals surface area contributed by atoms with Crippen LogP contribution in [-0.4, -0.2) is 20.9 Å². The van der Waals surface area contributed by atoms with E-state index in [2.05, 4.69) is 25.5 Å². The highest BCUT2D eigenvalue weighted by atomic mass is 32.2. The number of amides is 1. The fraction of sp³-hybridized carbons (Fsp3) is 0.458. The molecule has 160 valence electrons. The van der Waals surface area contributed by atoms with Gasteiger partial charge in [-0.3, -0.25) is 9.52 Å². The zero-order valence-corrected chi connectivity index (χ0v) is 18.8. The third-order valence-corrected chi connectivity index (χ3v) is 7.63. The second-order valence-electron chi connectivity index (χ2n) is 9.44. The summed E-state index contributed by atoms with van der Waals surface area (Å²) in [6.07, 6.45) is 4.99. The number of nitrogens with one attached hydrogen (secondary N) is 1. The normalized spacial score (nSPS) is 17.2. The molecule has 30 heavy (non-hydrogen) atoms. The molecule has 0 radical (unpaired) electrons. The molecule has 0 aromatic heterocycles. The zero-order valence-electron chi connectivity index (χ0n) is 17.9. The number of nitrogens with zero attached hydrogens (tertiary/aromatic N) is 1. The molecular weight excluding hydrogens is 396 g/mol. The van der Waals surface area contributed by atoms with Crippen LogP contribution >= 0.6 is 0 Å².